The number of nitrogens with zero attached hydrogens (tertiary/aromatic N) is 6. The first-order valence-corrected chi connectivity index (χ1v) is 10.1. The molecule has 28 heavy (non-hydrogen) atoms. The van der Waals surface area contributed by atoms with E-state index in [0.29, 0.717) is 17.2 Å². The maximum atomic E-state index is 6.18. The van der Waals surface area contributed by atoms with Gasteiger partial charge in [-0.1, -0.05) is 6.07 Å². The van der Waals surface area contributed by atoms with Gasteiger partial charge in [-0.25, -0.2) is 15.0 Å². The summed E-state index contributed by atoms with van der Waals surface area (Å²) in [6.45, 7) is 3.96. The summed E-state index contributed by atoms with van der Waals surface area (Å²) < 4.78 is 7.07. The molecule has 1 fully saturated rings. The number of fused-ring (bicyclic) bond motifs is 3. The van der Waals surface area contributed by atoms with E-state index < -0.39 is 0 Å². The second-order valence-electron chi connectivity index (χ2n) is 7.07. The Balaban J connectivity index is 1.56. The molecule has 0 spiro atoms. The summed E-state index contributed by atoms with van der Waals surface area (Å²) in [5.74, 6) is 2.04. The number of hydrogen-bond donors (Lipinski definition) is 1. The summed E-state index contributed by atoms with van der Waals surface area (Å²) in [5.41, 5.74) is 7.61. The van der Waals surface area contributed by atoms with E-state index in [9.17, 15) is 0 Å². The molecule has 1 aliphatic heterocycles. The molecule has 3 aromatic heterocycles. The third kappa shape index (κ3) is 2.73. The van der Waals surface area contributed by atoms with Crippen LogP contribution in [0.5, 0.6) is 5.75 Å². The van der Waals surface area contributed by atoms with Crippen molar-refractivity contribution in [1.29, 1.82) is 0 Å². The van der Waals surface area contributed by atoms with Gasteiger partial charge in [-0.05, 0) is 31.9 Å². The molecule has 144 valence electrons. The Kier molecular flexibility index (Phi) is 4.04. The molecule has 0 amide bonds. The van der Waals surface area contributed by atoms with Crippen molar-refractivity contribution in [1.82, 2.24) is 24.6 Å². The summed E-state index contributed by atoms with van der Waals surface area (Å²) in [4.78, 5) is 17.5. The lowest BCUT2D eigenvalue weighted by molar-refractivity contribution is 0.419. The third-order valence-electron chi connectivity index (χ3n) is 5.19. The van der Waals surface area contributed by atoms with Gasteiger partial charge < -0.3 is 15.4 Å². The first-order chi connectivity index (χ1) is 13.6. The summed E-state index contributed by atoms with van der Waals surface area (Å²) in [7, 11) is 1.63. The Bertz CT molecular complexity index is 1170. The van der Waals surface area contributed by atoms with E-state index >= 15 is 0 Å². The number of ether oxygens (including phenoxy) is 1. The number of hydrogen-bond acceptors (Lipinski definition) is 8. The van der Waals surface area contributed by atoms with Crippen LogP contribution in [0.1, 0.15) is 29.5 Å². The van der Waals surface area contributed by atoms with E-state index in [-0.39, 0.29) is 5.92 Å². The van der Waals surface area contributed by atoms with Gasteiger partial charge in [-0.2, -0.15) is 4.52 Å². The van der Waals surface area contributed by atoms with Gasteiger partial charge in [0.05, 0.1) is 7.11 Å². The van der Waals surface area contributed by atoms with Gasteiger partial charge in [-0.15, -0.1) is 16.4 Å². The van der Waals surface area contributed by atoms with Gasteiger partial charge in [0.25, 0.3) is 0 Å². The molecule has 1 saturated heterocycles. The van der Waals surface area contributed by atoms with E-state index in [2.05, 4.69) is 21.8 Å². The van der Waals surface area contributed by atoms with E-state index in [1.807, 2.05) is 24.4 Å². The fraction of sp³-hybridized carbons (Fsp3) is 0.368. The van der Waals surface area contributed by atoms with Gasteiger partial charge in [0.2, 0.25) is 5.95 Å². The zero-order chi connectivity index (χ0) is 19.3. The van der Waals surface area contributed by atoms with Crippen LogP contribution in [0.25, 0.3) is 16.6 Å². The average Bonchev–Trinajstić information content (AvgIpc) is 3.35. The SMILES string of the molecule is COc1cccc2c1nc(N)n1nc(C3CCCN(c4ncc(C)s4)C3)nc21. The quantitative estimate of drug-likeness (QED) is 0.570. The molecule has 1 atom stereocenters. The van der Waals surface area contributed by atoms with Crippen molar-refractivity contribution >= 4 is 39.0 Å². The van der Waals surface area contributed by atoms with E-state index in [1.165, 1.54) is 4.88 Å². The van der Waals surface area contributed by atoms with Crippen molar-refractivity contribution in [3.05, 3.63) is 35.1 Å². The number of nitrogen functional groups attached to an aromatic ring is 1. The number of aryl methyl sites for hydroxylation is 1. The van der Waals surface area contributed by atoms with Crippen LogP contribution in [0.4, 0.5) is 11.1 Å². The Morgan fingerprint density at radius 2 is 2.18 bits per heavy atom. The van der Waals surface area contributed by atoms with Crippen LogP contribution in [0.2, 0.25) is 0 Å². The maximum Gasteiger partial charge on any atom is 0.223 e. The summed E-state index contributed by atoms with van der Waals surface area (Å²) in [6, 6.07) is 5.78. The van der Waals surface area contributed by atoms with Crippen molar-refractivity contribution in [2.45, 2.75) is 25.7 Å². The van der Waals surface area contributed by atoms with Crippen molar-refractivity contribution in [2.75, 3.05) is 30.8 Å². The van der Waals surface area contributed by atoms with Crippen LogP contribution in [0.15, 0.2) is 24.4 Å². The largest absolute Gasteiger partial charge is 0.494 e. The normalized spacial score (nSPS) is 17.5. The lowest BCUT2D eigenvalue weighted by Gasteiger charge is -2.31. The Morgan fingerprint density at radius 3 is 2.96 bits per heavy atom. The van der Waals surface area contributed by atoms with Gasteiger partial charge in [0, 0.05) is 35.5 Å². The highest BCUT2D eigenvalue weighted by atomic mass is 32.1. The van der Waals surface area contributed by atoms with E-state index in [1.54, 1.807) is 23.0 Å². The zero-order valence-electron chi connectivity index (χ0n) is 15.8. The number of anilines is 2. The van der Waals surface area contributed by atoms with Crippen LogP contribution in [0.3, 0.4) is 0 Å². The number of methoxy groups -OCH3 is 1. The first kappa shape index (κ1) is 17.2. The van der Waals surface area contributed by atoms with Crippen molar-refractivity contribution in [2.24, 2.45) is 0 Å². The van der Waals surface area contributed by atoms with Crippen molar-refractivity contribution in [3.63, 3.8) is 0 Å². The predicted octanol–water partition coefficient (Wildman–Crippen LogP) is 3.02. The van der Waals surface area contributed by atoms with E-state index in [4.69, 9.17) is 20.6 Å². The van der Waals surface area contributed by atoms with Crippen LogP contribution in [0, 0.1) is 6.92 Å². The second-order valence-corrected chi connectivity index (χ2v) is 8.28. The number of aromatic nitrogens is 5. The number of piperidine rings is 1. The van der Waals surface area contributed by atoms with Crippen LogP contribution in [-0.2, 0) is 0 Å². The molecule has 9 heteroatoms. The van der Waals surface area contributed by atoms with Gasteiger partial charge in [0.1, 0.15) is 11.3 Å². The monoisotopic (exact) mass is 395 g/mol. The molecular formula is C19H21N7OS. The topological polar surface area (TPSA) is 94.5 Å². The minimum absolute atomic E-state index is 0.234. The third-order valence-corrected chi connectivity index (χ3v) is 6.17. The van der Waals surface area contributed by atoms with Crippen LogP contribution >= 0.6 is 11.3 Å². The summed E-state index contributed by atoms with van der Waals surface area (Å²) >= 11 is 1.73. The van der Waals surface area contributed by atoms with Gasteiger partial charge in [-0.3, -0.25) is 0 Å². The Labute approximate surface area is 166 Å². The van der Waals surface area contributed by atoms with Gasteiger partial charge >= 0.3 is 0 Å². The summed E-state index contributed by atoms with van der Waals surface area (Å²) in [6.07, 6.45) is 4.06. The highest BCUT2D eigenvalue weighted by Crippen LogP contribution is 2.32. The number of para-hydroxylation sites is 1. The molecule has 1 aliphatic rings. The number of nitrogens with two attached hydrogens (primary N) is 1. The fourth-order valence-electron chi connectivity index (χ4n) is 3.83. The minimum atomic E-state index is 0.234. The molecule has 0 saturated carbocycles. The average molecular weight is 395 g/mol. The lowest BCUT2D eigenvalue weighted by Crippen LogP contribution is -2.34. The molecule has 1 aromatic carbocycles. The molecule has 2 N–H and O–H groups in total. The second kappa shape index (κ2) is 6.59. The number of thiazole rings is 1. The minimum Gasteiger partial charge on any atom is -0.494 e. The van der Waals surface area contributed by atoms with Crippen molar-refractivity contribution < 1.29 is 4.74 Å². The van der Waals surface area contributed by atoms with Crippen molar-refractivity contribution in [3.8, 4) is 5.75 Å². The summed E-state index contributed by atoms with van der Waals surface area (Å²) in [5, 5.41) is 6.66. The molecule has 1 unspecified atom stereocenters. The lowest BCUT2D eigenvalue weighted by atomic mass is 9.98. The van der Waals surface area contributed by atoms with E-state index in [0.717, 1.165) is 47.9 Å². The molecule has 0 aliphatic carbocycles. The molecular weight excluding hydrogens is 374 g/mol. The smallest absolute Gasteiger partial charge is 0.223 e. The fourth-order valence-corrected chi connectivity index (χ4v) is 4.62. The predicted molar refractivity (Wildman–Crippen MR) is 110 cm³/mol. The molecule has 4 heterocycles. The molecule has 5 rings (SSSR count). The number of rotatable bonds is 3. The highest BCUT2D eigenvalue weighted by Gasteiger charge is 2.27. The van der Waals surface area contributed by atoms with Gasteiger partial charge in [0.15, 0.2) is 16.6 Å². The molecule has 4 aromatic rings. The maximum absolute atomic E-state index is 6.18. The standard InChI is InChI=1S/C19H21N7OS/c1-11-9-21-19(28-11)25-8-4-5-12(10-25)16-23-17-13-6-3-7-14(27-2)15(13)22-18(20)26(17)24-16/h3,6-7,9,12H,4-5,8,10H2,1-2H3,(H2,20,22). The Hall–Kier alpha value is -2.94. The molecule has 0 radical (unpaired) electrons. The number of benzene rings is 1. The molecule has 8 nitrogen and oxygen atoms in total. The highest BCUT2D eigenvalue weighted by molar-refractivity contribution is 7.15. The van der Waals surface area contributed by atoms with Crippen LogP contribution < -0.4 is 15.4 Å². The Morgan fingerprint density at radius 1 is 1.29 bits per heavy atom. The molecule has 0 bridgehead atoms. The zero-order valence-corrected chi connectivity index (χ0v) is 16.6. The first-order valence-electron chi connectivity index (χ1n) is 9.30. The van der Waals surface area contributed by atoms with Crippen LogP contribution in [-0.4, -0.2) is 44.8 Å².